The summed E-state index contributed by atoms with van der Waals surface area (Å²) in [4.78, 5) is 16.7. The van der Waals surface area contributed by atoms with Crippen molar-refractivity contribution in [3.63, 3.8) is 0 Å². The fourth-order valence-corrected chi connectivity index (χ4v) is 3.19. The van der Waals surface area contributed by atoms with Crippen molar-refractivity contribution in [2.75, 3.05) is 5.32 Å². The molecule has 0 spiro atoms. The molecule has 0 unspecified atom stereocenters. The second-order valence-corrected chi connectivity index (χ2v) is 6.37. The molecule has 118 valence electrons. The zero-order valence-electron chi connectivity index (χ0n) is 12.9. The molecule has 4 rings (SSSR count). The number of hydrogen-bond acceptors (Lipinski definition) is 5. The van der Waals surface area contributed by atoms with E-state index < -0.39 is 0 Å². The molecule has 2 aromatic carbocycles. The minimum absolute atomic E-state index is 0.374. The molecule has 1 N–H and O–H groups in total. The average Bonchev–Trinajstić information content (AvgIpc) is 3.04. The molecule has 0 aliphatic carbocycles. The molecule has 2 aromatic heterocycles. The van der Waals surface area contributed by atoms with Crippen LogP contribution >= 0.6 is 11.3 Å². The Morgan fingerprint density at radius 1 is 1.08 bits per heavy atom. The van der Waals surface area contributed by atoms with Crippen LogP contribution in [0.3, 0.4) is 0 Å². The number of nitrogens with zero attached hydrogens (tertiary/aromatic N) is 1. The maximum atomic E-state index is 12.2. The Labute approximate surface area is 142 Å². The summed E-state index contributed by atoms with van der Waals surface area (Å²) in [5.41, 5.74) is 3.47. The highest BCUT2D eigenvalue weighted by molar-refractivity contribution is 7.14. The van der Waals surface area contributed by atoms with Crippen molar-refractivity contribution in [1.82, 2.24) is 4.98 Å². The quantitative estimate of drug-likeness (QED) is 0.538. The van der Waals surface area contributed by atoms with Crippen molar-refractivity contribution in [3.05, 3.63) is 76.0 Å². The summed E-state index contributed by atoms with van der Waals surface area (Å²) in [7, 11) is 0. The molecule has 4 aromatic rings. The van der Waals surface area contributed by atoms with Gasteiger partial charge in [0.1, 0.15) is 5.58 Å². The molecule has 0 atom stereocenters. The number of aromatic nitrogens is 1. The van der Waals surface area contributed by atoms with E-state index in [0.717, 1.165) is 16.2 Å². The van der Waals surface area contributed by atoms with Gasteiger partial charge >= 0.3 is 5.63 Å². The zero-order valence-corrected chi connectivity index (χ0v) is 13.8. The van der Waals surface area contributed by atoms with Gasteiger partial charge in [0.2, 0.25) is 0 Å². The number of anilines is 2. The van der Waals surface area contributed by atoms with E-state index in [2.05, 4.69) is 10.3 Å². The number of thiazole rings is 1. The van der Waals surface area contributed by atoms with E-state index in [0.29, 0.717) is 16.8 Å². The number of rotatable bonds is 3. The minimum Gasteiger partial charge on any atom is -0.422 e. The van der Waals surface area contributed by atoms with Gasteiger partial charge in [-0.25, -0.2) is 9.78 Å². The predicted octanol–water partition coefficient (Wildman–Crippen LogP) is 4.97. The molecule has 0 aliphatic heterocycles. The molecular weight excluding hydrogens is 320 g/mol. The van der Waals surface area contributed by atoms with Crippen LogP contribution in [-0.4, -0.2) is 4.98 Å². The molecule has 0 saturated carbocycles. The SMILES string of the molecule is Cc1ccc(Nc2nc(-c3cc4ccccc4oc3=O)cs2)cc1. The number of aryl methyl sites for hydroxylation is 1. The van der Waals surface area contributed by atoms with Crippen LogP contribution in [0.2, 0.25) is 0 Å². The monoisotopic (exact) mass is 334 g/mol. The summed E-state index contributed by atoms with van der Waals surface area (Å²) in [6.07, 6.45) is 0. The van der Waals surface area contributed by atoms with Crippen molar-refractivity contribution >= 4 is 33.1 Å². The maximum Gasteiger partial charge on any atom is 0.345 e. The van der Waals surface area contributed by atoms with Crippen LogP contribution in [0, 0.1) is 6.92 Å². The molecule has 0 amide bonds. The first-order chi connectivity index (χ1) is 11.7. The Bertz CT molecular complexity index is 1060. The second-order valence-electron chi connectivity index (χ2n) is 5.51. The number of para-hydroxylation sites is 1. The van der Waals surface area contributed by atoms with Crippen LogP contribution in [0.15, 0.2) is 69.2 Å². The first kappa shape index (κ1) is 14.7. The summed E-state index contributed by atoms with van der Waals surface area (Å²) in [5.74, 6) is 0. The third kappa shape index (κ3) is 2.81. The van der Waals surface area contributed by atoms with Crippen LogP contribution < -0.4 is 10.9 Å². The average molecular weight is 334 g/mol. The van der Waals surface area contributed by atoms with Gasteiger partial charge < -0.3 is 9.73 Å². The van der Waals surface area contributed by atoms with Gasteiger partial charge in [0.05, 0.1) is 11.3 Å². The predicted molar refractivity (Wildman–Crippen MR) is 98.1 cm³/mol. The van der Waals surface area contributed by atoms with Gasteiger partial charge in [0.25, 0.3) is 0 Å². The molecule has 0 aliphatic rings. The fourth-order valence-electron chi connectivity index (χ4n) is 2.46. The number of benzene rings is 2. The van der Waals surface area contributed by atoms with Gasteiger partial charge in [-0.15, -0.1) is 11.3 Å². The lowest BCUT2D eigenvalue weighted by Crippen LogP contribution is -2.02. The van der Waals surface area contributed by atoms with Crippen LogP contribution in [-0.2, 0) is 0 Å². The molecule has 2 heterocycles. The standard InChI is InChI=1S/C19H14N2O2S/c1-12-6-8-14(9-7-12)20-19-21-16(11-24-19)15-10-13-4-2-3-5-17(13)23-18(15)22/h2-11H,1H3,(H,20,21). The van der Waals surface area contributed by atoms with Crippen LogP contribution in [0.1, 0.15) is 5.56 Å². The van der Waals surface area contributed by atoms with Gasteiger partial charge in [-0.3, -0.25) is 0 Å². The van der Waals surface area contributed by atoms with E-state index in [1.165, 1.54) is 16.9 Å². The number of hydrogen-bond donors (Lipinski definition) is 1. The summed E-state index contributed by atoms with van der Waals surface area (Å²) in [6, 6.07) is 17.4. The van der Waals surface area contributed by atoms with Crippen LogP contribution in [0.25, 0.3) is 22.2 Å². The highest BCUT2D eigenvalue weighted by atomic mass is 32.1. The Morgan fingerprint density at radius 2 is 1.88 bits per heavy atom. The third-order valence-electron chi connectivity index (χ3n) is 3.72. The van der Waals surface area contributed by atoms with Crippen molar-refractivity contribution in [3.8, 4) is 11.3 Å². The molecule has 4 nitrogen and oxygen atoms in total. The molecule has 0 saturated heterocycles. The molecule has 5 heteroatoms. The van der Waals surface area contributed by atoms with Gasteiger partial charge in [-0.2, -0.15) is 0 Å². The summed E-state index contributed by atoms with van der Waals surface area (Å²) >= 11 is 1.45. The van der Waals surface area contributed by atoms with Crippen molar-refractivity contribution in [2.45, 2.75) is 6.92 Å². The van der Waals surface area contributed by atoms with Gasteiger partial charge in [0.15, 0.2) is 5.13 Å². The molecule has 24 heavy (non-hydrogen) atoms. The largest absolute Gasteiger partial charge is 0.422 e. The van der Waals surface area contributed by atoms with Gasteiger partial charge in [0, 0.05) is 16.5 Å². The van der Waals surface area contributed by atoms with Gasteiger partial charge in [-0.05, 0) is 31.2 Å². The van der Waals surface area contributed by atoms with E-state index in [4.69, 9.17) is 4.42 Å². The molecule has 0 fully saturated rings. The van der Waals surface area contributed by atoms with Gasteiger partial charge in [-0.1, -0.05) is 35.9 Å². The number of fused-ring (bicyclic) bond motifs is 1. The Morgan fingerprint density at radius 3 is 2.71 bits per heavy atom. The van der Waals surface area contributed by atoms with Crippen molar-refractivity contribution < 1.29 is 4.42 Å². The van der Waals surface area contributed by atoms with E-state index in [-0.39, 0.29) is 5.63 Å². The molecule has 0 bridgehead atoms. The van der Waals surface area contributed by atoms with Crippen LogP contribution in [0.4, 0.5) is 10.8 Å². The first-order valence-electron chi connectivity index (χ1n) is 7.51. The van der Waals surface area contributed by atoms with E-state index in [9.17, 15) is 4.79 Å². The van der Waals surface area contributed by atoms with Crippen molar-refractivity contribution in [2.24, 2.45) is 0 Å². The summed E-state index contributed by atoms with van der Waals surface area (Å²) in [6.45, 7) is 2.05. The lowest BCUT2D eigenvalue weighted by Gasteiger charge is -2.02. The zero-order chi connectivity index (χ0) is 16.5. The van der Waals surface area contributed by atoms with Crippen molar-refractivity contribution in [1.29, 1.82) is 0 Å². The lowest BCUT2D eigenvalue weighted by atomic mass is 10.1. The smallest absolute Gasteiger partial charge is 0.345 e. The van der Waals surface area contributed by atoms with E-state index in [1.807, 2.05) is 60.8 Å². The Balaban J connectivity index is 1.68. The van der Waals surface area contributed by atoms with E-state index >= 15 is 0 Å². The molecular formula is C19H14N2O2S. The first-order valence-corrected chi connectivity index (χ1v) is 8.39. The maximum absolute atomic E-state index is 12.2. The summed E-state index contributed by atoms with van der Waals surface area (Å²) in [5, 5.41) is 6.73. The Kier molecular flexibility index (Phi) is 3.63. The highest BCUT2D eigenvalue weighted by Crippen LogP contribution is 2.27. The summed E-state index contributed by atoms with van der Waals surface area (Å²) < 4.78 is 5.38. The van der Waals surface area contributed by atoms with Crippen LogP contribution in [0.5, 0.6) is 0 Å². The topological polar surface area (TPSA) is 55.1 Å². The normalized spacial score (nSPS) is 10.9. The number of nitrogens with one attached hydrogen (secondary N) is 1. The second kappa shape index (κ2) is 5.94. The Hall–Kier alpha value is -2.92. The third-order valence-corrected chi connectivity index (χ3v) is 4.48. The highest BCUT2D eigenvalue weighted by Gasteiger charge is 2.11. The molecule has 0 radical (unpaired) electrons. The lowest BCUT2D eigenvalue weighted by molar-refractivity contribution is 0.563. The fraction of sp³-hybridized carbons (Fsp3) is 0.0526. The minimum atomic E-state index is -0.374. The van der Waals surface area contributed by atoms with E-state index in [1.54, 1.807) is 6.07 Å².